The molecule has 1 heterocycles. The first kappa shape index (κ1) is 21.4. The number of hydrogen-bond acceptors (Lipinski definition) is 6. The highest BCUT2D eigenvalue weighted by atomic mass is 16.6. The van der Waals surface area contributed by atoms with Gasteiger partial charge in [-0.3, -0.25) is 4.79 Å². The minimum absolute atomic E-state index is 0.0500. The van der Waals surface area contributed by atoms with Gasteiger partial charge in [-0.1, -0.05) is 36.4 Å². The number of para-hydroxylation sites is 2. The van der Waals surface area contributed by atoms with Crippen LogP contribution >= 0.6 is 0 Å². The second-order valence-electron chi connectivity index (χ2n) is 6.62. The summed E-state index contributed by atoms with van der Waals surface area (Å²) in [5, 5.41) is 3.54. The quantitative estimate of drug-likeness (QED) is 0.539. The van der Waals surface area contributed by atoms with Crippen LogP contribution in [0, 0.1) is 0 Å². The zero-order valence-electron chi connectivity index (χ0n) is 17.3. The summed E-state index contributed by atoms with van der Waals surface area (Å²) in [4.78, 5) is 25.1. The Morgan fingerprint density at radius 3 is 2.60 bits per heavy atom. The van der Waals surface area contributed by atoms with Crippen molar-refractivity contribution in [3.8, 4) is 5.75 Å². The summed E-state index contributed by atoms with van der Waals surface area (Å²) in [6.45, 7) is 4.35. The van der Waals surface area contributed by atoms with Gasteiger partial charge >= 0.3 is 5.97 Å². The molecule has 0 unspecified atom stereocenters. The van der Waals surface area contributed by atoms with Crippen LogP contribution in [0.2, 0.25) is 0 Å². The standard InChI is InChI=1S/C23H25NO6/c1-4-28-14-18-17-10-6-8-12-20(17)30-21(18)23(26)29-15(2)22(25)24-13-16-9-5-7-11-19(16)27-3/h5-12,15H,4,13-14H2,1-3H3,(H,24,25)/t15-/m1/s1. The Hall–Kier alpha value is -3.32. The summed E-state index contributed by atoms with van der Waals surface area (Å²) in [7, 11) is 1.57. The summed E-state index contributed by atoms with van der Waals surface area (Å²) in [5.74, 6) is -0.406. The molecule has 7 heteroatoms. The van der Waals surface area contributed by atoms with Crippen LogP contribution in [-0.4, -0.2) is 31.7 Å². The summed E-state index contributed by atoms with van der Waals surface area (Å²) < 4.78 is 21.8. The Morgan fingerprint density at radius 2 is 1.83 bits per heavy atom. The van der Waals surface area contributed by atoms with Gasteiger partial charge in [0, 0.05) is 29.7 Å². The van der Waals surface area contributed by atoms with Crippen molar-refractivity contribution >= 4 is 22.8 Å². The number of rotatable bonds is 9. The van der Waals surface area contributed by atoms with E-state index in [0.29, 0.717) is 23.5 Å². The molecule has 1 atom stereocenters. The zero-order valence-corrected chi connectivity index (χ0v) is 17.3. The van der Waals surface area contributed by atoms with Crippen molar-refractivity contribution < 1.29 is 28.2 Å². The maximum absolute atomic E-state index is 12.7. The predicted molar refractivity (Wildman–Crippen MR) is 111 cm³/mol. The van der Waals surface area contributed by atoms with Crippen molar-refractivity contribution in [2.75, 3.05) is 13.7 Å². The van der Waals surface area contributed by atoms with E-state index in [0.717, 1.165) is 10.9 Å². The van der Waals surface area contributed by atoms with Gasteiger partial charge in [0.25, 0.3) is 5.91 Å². The van der Waals surface area contributed by atoms with Crippen LogP contribution in [0.3, 0.4) is 0 Å². The number of fused-ring (bicyclic) bond motifs is 1. The fraction of sp³-hybridized carbons (Fsp3) is 0.304. The zero-order chi connectivity index (χ0) is 21.5. The van der Waals surface area contributed by atoms with Crippen LogP contribution in [0.4, 0.5) is 0 Å². The van der Waals surface area contributed by atoms with Gasteiger partial charge in [-0.2, -0.15) is 0 Å². The molecule has 3 aromatic rings. The average molecular weight is 411 g/mol. The monoisotopic (exact) mass is 411 g/mol. The number of amides is 1. The molecule has 30 heavy (non-hydrogen) atoms. The molecule has 0 aliphatic rings. The Labute approximate surface area is 174 Å². The first-order valence-electron chi connectivity index (χ1n) is 9.73. The second kappa shape index (κ2) is 9.93. The van der Waals surface area contributed by atoms with E-state index in [4.69, 9.17) is 18.6 Å². The maximum Gasteiger partial charge on any atom is 0.375 e. The number of methoxy groups -OCH3 is 1. The van der Waals surface area contributed by atoms with E-state index in [1.807, 2.05) is 49.4 Å². The molecular formula is C23H25NO6. The molecule has 3 rings (SSSR count). The fourth-order valence-electron chi connectivity index (χ4n) is 3.05. The molecule has 0 spiro atoms. The highest BCUT2D eigenvalue weighted by molar-refractivity contribution is 5.97. The molecule has 158 valence electrons. The van der Waals surface area contributed by atoms with E-state index in [1.54, 1.807) is 13.2 Å². The first-order valence-corrected chi connectivity index (χ1v) is 9.73. The number of benzene rings is 2. The van der Waals surface area contributed by atoms with Gasteiger partial charge in [-0.25, -0.2) is 4.79 Å². The van der Waals surface area contributed by atoms with Crippen LogP contribution in [-0.2, 0) is 27.4 Å². The third-order valence-corrected chi connectivity index (χ3v) is 4.63. The van der Waals surface area contributed by atoms with Crippen LogP contribution in [0.15, 0.2) is 52.9 Å². The van der Waals surface area contributed by atoms with Gasteiger partial charge < -0.3 is 23.9 Å². The van der Waals surface area contributed by atoms with Gasteiger partial charge in [0.15, 0.2) is 6.10 Å². The summed E-state index contributed by atoms with van der Waals surface area (Å²) in [6, 6.07) is 14.7. The topological polar surface area (TPSA) is 87.0 Å². The van der Waals surface area contributed by atoms with E-state index in [9.17, 15) is 9.59 Å². The number of ether oxygens (including phenoxy) is 3. The highest BCUT2D eigenvalue weighted by Gasteiger charge is 2.26. The van der Waals surface area contributed by atoms with Crippen LogP contribution in [0.1, 0.15) is 35.5 Å². The van der Waals surface area contributed by atoms with Crippen molar-refractivity contribution in [2.45, 2.75) is 33.1 Å². The molecule has 2 aromatic carbocycles. The van der Waals surface area contributed by atoms with Crippen molar-refractivity contribution in [3.05, 3.63) is 65.4 Å². The SMILES string of the molecule is CCOCc1c(C(=O)O[C@H](C)C(=O)NCc2ccccc2OC)oc2ccccc12. The highest BCUT2D eigenvalue weighted by Crippen LogP contribution is 2.27. The van der Waals surface area contributed by atoms with Gasteiger partial charge in [0.2, 0.25) is 5.76 Å². The second-order valence-corrected chi connectivity index (χ2v) is 6.62. The van der Waals surface area contributed by atoms with Gasteiger partial charge in [0.05, 0.1) is 13.7 Å². The van der Waals surface area contributed by atoms with Crippen molar-refractivity contribution in [1.82, 2.24) is 5.32 Å². The Balaban J connectivity index is 1.68. The third-order valence-electron chi connectivity index (χ3n) is 4.63. The minimum atomic E-state index is -1.000. The van der Waals surface area contributed by atoms with E-state index in [1.165, 1.54) is 6.92 Å². The normalized spacial score (nSPS) is 11.8. The number of carbonyl (C=O) groups is 2. The van der Waals surface area contributed by atoms with Crippen molar-refractivity contribution in [1.29, 1.82) is 0 Å². The molecule has 0 saturated heterocycles. The lowest BCUT2D eigenvalue weighted by atomic mass is 10.1. The van der Waals surface area contributed by atoms with E-state index < -0.39 is 18.0 Å². The van der Waals surface area contributed by atoms with Gasteiger partial charge in [-0.15, -0.1) is 0 Å². The summed E-state index contributed by atoms with van der Waals surface area (Å²) in [5.41, 5.74) is 2.00. The molecule has 0 radical (unpaired) electrons. The molecule has 1 amide bonds. The van der Waals surface area contributed by atoms with Gasteiger partial charge in [-0.05, 0) is 26.0 Å². The number of nitrogens with one attached hydrogen (secondary N) is 1. The molecule has 7 nitrogen and oxygen atoms in total. The Morgan fingerprint density at radius 1 is 1.10 bits per heavy atom. The van der Waals surface area contributed by atoms with Crippen molar-refractivity contribution in [2.24, 2.45) is 0 Å². The summed E-state index contributed by atoms with van der Waals surface area (Å²) >= 11 is 0. The largest absolute Gasteiger partial charge is 0.496 e. The van der Waals surface area contributed by atoms with Crippen LogP contribution < -0.4 is 10.1 Å². The Kier molecular flexibility index (Phi) is 7.08. The lowest BCUT2D eigenvalue weighted by Crippen LogP contribution is -2.35. The van der Waals surface area contributed by atoms with Gasteiger partial charge in [0.1, 0.15) is 11.3 Å². The number of carbonyl (C=O) groups excluding carboxylic acids is 2. The molecular weight excluding hydrogens is 386 g/mol. The van der Waals surface area contributed by atoms with E-state index in [2.05, 4.69) is 5.32 Å². The number of hydrogen-bond donors (Lipinski definition) is 1. The Bertz CT molecular complexity index is 1030. The summed E-state index contributed by atoms with van der Waals surface area (Å²) in [6.07, 6.45) is -1.000. The molecule has 0 saturated carbocycles. The number of furan rings is 1. The molecule has 0 aliphatic carbocycles. The molecule has 1 N–H and O–H groups in total. The first-order chi connectivity index (χ1) is 14.5. The molecule has 0 aliphatic heterocycles. The average Bonchev–Trinajstić information content (AvgIpc) is 3.14. The van der Waals surface area contributed by atoms with Crippen LogP contribution in [0.25, 0.3) is 11.0 Å². The lowest BCUT2D eigenvalue weighted by Gasteiger charge is -2.14. The van der Waals surface area contributed by atoms with E-state index >= 15 is 0 Å². The molecule has 0 bridgehead atoms. The smallest absolute Gasteiger partial charge is 0.375 e. The predicted octanol–water partition coefficient (Wildman–Crippen LogP) is 3.84. The third kappa shape index (κ3) is 4.80. The van der Waals surface area contributed by atoms with Crippen molar-refractivity contribution in [3.63, 3.8) is 0 Å². The number of esters is 1. The van der Waals surface area contributed by atoms with E-state index in [-0.39, 0.29) is 18.9 Å². The lowest BCUT2D eigenvalue weighted by molar-refractivity contribution is -0.129. The fourth-order valence-corrected chi connectivity index (χ4v) is 3.05. The molecule has 0 fully saturated rings. The maximum atomic E-state index is 12.7. The molecule has 1 aromatic heterocycles. The van der Waals surface area contributed by atoms with Crippen LogP contribution in [0.5, 0.6) is 5.75 Å². The minimum Gasteiger partial charge on any atom is -0.496 e.